The van der Waals surface area contributed by atoms with Crippen LogP contribution in [0.15, 0.2) is 46.2 Å². The predicted octanol–water partition coefficient (Wildman–Crippen LogP) is 4.66. The molecule has 1 aliphatic rings. The smallest absolute Gasteiger partial charge is 0.257 e. The predicted molar refractivity (Wildman–Crippen MR) is 91.0 cm³/mol. The van der Waals surface area contributed by atoms with Crippen molar-refractivity contribution in [2.24, 2.45) is 0 Å². The van der Waals surface area contributed by atoms with Crippen molar-refractivity contribution in [3.05, 3.63) is 59.0 Å². The number of thiophene rings is 1. The Kier molecular flexibility index (Phi) is 4.16. The first-order chi connectivity index (χ1) is 11.7. The van der Waals surface area contributed by atoms with Crippen molar-refractivity contribution in [3.8, 4) is 10.8 Å². The number of aromatic nitrogens is 2. The summed E-state index contributed by atoms with van der Waals surface area (Å²) in [5.41, 5.74) is 1.09. The molecule has 1 fully saturated rings. The lowest BCUT2D eigenvalue weighted by molar-refractivity contribution is 0.165. The van der Waals surface area contributed by atoms with E-state index < -0.39 is 0 Å². The number of rotatable bonds is 6. The molecule has 4 rings (SSSR count). The van der Waals surface area contributed by atoms with Crippen LogP contribution in [0.5, 0.6) is 0 Å². The van der Waals surface area contributed by atoms with Gasteiger partial charge >= 0.3 is 0 Å². The Balaban J connectivity index is 1.54. The minimum absolute atomic E-state index is 0.0313. The summed E-state index contributed by atoms with van der Waals surface area (Å²) in [6, 6.07) is 11.2. The maximum atomic E-state index is 13.1. The van der Waals surface area contributed by atoms with Gasteiger partial charge in [0.05, 0.1) is 10.9 Å². The van der Waals surface area contributed by atoms with E-state index in [-0.39, 0.29) is 11.9 Å². The zero-order valence-corrected chi connectivity index (χ0v) is 14.2. The van der Waals surface area contributed by atoms with E-state index in [0.717, 1.165) is 17.0 Å². The third-order valence-electron chi connectivity index (χ3n) is 4.32. The highest BCUT2D eigenvalue weighted by Gasteiger charge is 2.35. The lowest BCUT2D eigenvalue weighted by Gasteiger charge is -2.26. The van der Waals surface area contributed by atoms with E-state index in [1.807, 2.05) is 29.6 Å². The van der Waals surface area contributed by atoms with Crippen molar-refractivity contribution >= 4 is 11.3 Å². The maximum absolute atomic E-state index is 13.1. The second kappa shape index (κ2) is 6.45. The van der Waals surface area contributed by atoms with Gasteiger partial charge in [0.25, 0.3) is 5.89 Å². The van der Waals surface area contributed by atoms with E-state index in [1.165, 1.54) is 25.0 Å². The molecule has 0 saturated heterocycles. The first-order valence-electron chi connectivity index (χ1n) is 8.08. The van der Waals surface area contributed by atoms with E-state index in [2.05, 4.69) is 22.0 Å². The molecule has 0 amide bonds. The topological polar surface area (TPSA) is 42.2 Å². The van der Waals surface area contributed by atoms with Crippen LogP contribution in [0.3, 0.4) is 0 Å². The first-order valence-corrected chi connectivity index (χ1v) is 8.96. The molecule has 124 valence electrons. The summed E-state index contributed by atoms with van der Waals surface area (Å²) in [7, 11) is 0. The van der Waals surface area contributed by atoms with Crippen LogP contribution in [0.4, 0.5) is 4.39 Å². The molecule has 0 spiro atoms. The summed E-state index contributed by atoms with van der Waals surface area (Å²) in [5, 5.41) is 10.4. The average Bonchev–Trinajstić information content (AvgIpc) is 3.09. The standard InChI is InChI=1S/C18H18FN3OS/c1-12(17-20-21-18(23-17)16-3-2-10-24-16)22(15-8-9-15)11-13-4-6-14(19)7-5-13/h2-7,10,12,15H,8-9,11H2,1H3/t12-/m1/s1. The third kappa shape index (κ3) is 3.25. The van der Waals surface area contributed by atoms with E-state index in [9.17, 15) is 4.39 Å². The van der Waals surface area contributed by atoms with Gasteiger partial charge in [0.1, 0.15) is 5.82 Å². The van der Waals surface area contributed by atoms with Crippen LogP contribution in [0.1, 0.15) is 37.3 Å². The summed E-state index contributed by atoms with van der Waals surface area (Å²) >= 11 is 1.59. The van der Waals surface area contributed by atoms with Crippen LogP contribution in [0.2, 0.25) is 0 Å². The van der Waals surface area contributed by atoms with Crippen molar-refractivity contribution in [1.82, 2.24) is 15.1 Å². The minimum Gasteiger partial charge on any atom is -0.418 e. The Morgan fingerprint density at radius 1 is 1.25 bits per heavy atom. The zero-order valence-electron chi connectivity index (χ0n) is 13.4. The van der Waals surface area contributed by atoms with Gasteiger partial charge in [0, 0.05) is 12.6 Å². The monoisotopic (exact) mass is 343 g/mol. The van der Waals surface area contributed by atoms with Crippen LogP contribution < -0.4 is 0 Å². The Morgan fingerprint density at radius 2 is 2.04 bits per heavy atom. The summed E-state index contributed by atoms with van der Waals surface area (Å²) in [6.45, 7) is 2.84. The third-order valence-corrected chi connectivity index (χ3v) is 5.18. The van der Waals surface area contributed by atoms with Crippen LogP contribution in [0, 0.1) is 5.82 Å². The normalized spacial score (nSPS) is 15.8. The molecule has 24 heavy (non-hydrogen) atoms. The van der Waals surface area contributed by atoms with Crippen molar-refractivity contribution in [1.29, 1.82) is 0 Å². The zero-order chi connectivity index (χ0) is 16.5. The molecular weight excluding hydrogens is 325 g/mol. The molecule has 1 aromatic carbocycles. The van der Waals surface area contributed by atoms with Gasteiger partial charge < -0.3 is 4.42 Å². The minimum atomic E-state index is -0.206. The van der Waals surface area contributed by atoms with Crippen molar-refractivity contribution < 1.29 is 8.81 Å². The summed E-state index contributed by atoms with van der Waals surface area (Å²) in [4.78, 5) is 3.34. The van der Waals surface area contributed by atoms with Crippen LogP contribution in [-0.2, 0) is 6.54 Å². The molecule has 0 aliphatic heterocycles. The van der Waals surface area contributed by atoms with Gasteiger partial charge in [-0.3, -0.25) is 4.90 Å². The molecule has 2 aromatic heterocycles. The van der Waals surface area contributed by atoms with Gasteiger partial charge in [-0.15, -0.1) is 21.5 Å². The molecule has 0 bridgehead atoms. The molecule has 0 radical (unpaired) electrons. The highest BCUT2D eigenvalue weighted by Crippen LogP contribution is 2.36. The Bertz CT molecular complexity index is 796. The molecule has 2 heterocycles. The van der Waals surface area contributed by atoms with Gasteiger partial charge in [-0.25, -0.2) is 4.39 Å². The maximum Gasteiger partial charge on any atom is 0.257 e. The highest BCUT2D eigenvalue weighted by molar-refractivity contribution is 7.13. The van der Waals surface area contributed by atoms with E-state index >= 15 is 0 Å². The number of benzene rings is 1. The fourth-order valence-corrected chi connectivity index (χ4v) is 3.48. The summed E-state index contributed by atoms with van der Waals surface area (Å²) < 4.78 is 19.0. The number of hydrogen-bond donors (Lipinski definition) is 0. The molecule has 3 aromatic rings. The van der Waals surface area contributed by atoms with E-state index in [4.69, 9.17) is 4.42 Å². The van der Waals surface area contributed by atoms with E-state index in [0.29, 0.717) is 17.8 Å². The van der Waals surface area contributed by atoms with Gasteiger partial charge in [-0.1, -0.05) is 18.2 Å². The lowest BCUT2D eigenvalue weighted by Crippen LogP contribution is -2.29. The van der Waals surface area contributed by atoms with Gasteiger partial charge in [0.15, 0.2) is 0 Å². The van der Waals surface area contributed by atoms with Crippen molar-refractivity contribution in [2.75, 3.05) is 0 Å². The number of halogens is 1. The van der Waals surface area contributed by atoms with Crippen LogP contribution >= 0.6 is 11.3 Å². The number of nitrogens with zero attached hydrogens (tertiary/aromatic N) is 3. The Morgan fingerprint density at radius 3 is 2.71 bits per heavy atom. The molecular formula is C18H18FN3OS. The number of hydrogen-bond acceptors (Lipinski definition) is 5. The second-order valence-corrected chi connectivity index (χ2v) is 7.08. The quantitative estimate of drug-likeness (QED) is 0.653. The summed E-state index contributed by atoms with van der Waals surface area (Å²) in [6.07, 6.45) is 2.36. The molecule has 0 N–H and O–H groups in total. The summed E-state index contributed by atoms with van der Waals surface area (Å²) in [5.74, 6) is 0.999. The fourth-order valence-electron chi connectivity index (χ4n) is 2.83. The van der Waals surface area contributed by atoms with Crippen molar-refractivity contribution in [3.63, 3.8) is 0 Å². The molecule has 1 atom stereocenters. The molecule has 6 heteroatoms. The second-order valence-electron chi connectivity index (χ2n) is 6.13. The molecule has 1 aliphatic carbocycles. The van der Waals surface area contributed by atoms with Crippen molar-refractivity contribution in [2.45, 2.75) is 38.4 Å². The molecule has 0 unspecified atom stereocenters. The SMILES string of the molecule is C[C@H](c1nnc(-c2cccs2)o1)N(Cc1ccc(F)cc1)C1CC1. The van der Waals surface area contributed by atoms with Gasteiger partial charge in [-0.2, -0.15) is 0 Å². The molecule has 4 nitrogen and oxygen atoms in total. The molecule has 1 saturated carbocycles. The first kappa shape index (κ1) is 15.5. The van der Waals surface area contributed by atoms with Crippen LogP contribution in [0.25, 0.3) is 10.8 Å². The van der Waals surface area contributed by atoms with E-state index in [1.54, 1.807) is 11.3 Å². The fraction of sp³-hybridized carbons (Fsp3) is 0.333. The van der Waals surface area contributed by atoms with Gasteiger partial charge in [-0.05, 0) is 48.9 Å². The average molecular weight is 343 g/mol. The highest BCUT2D eigenvalue weighted by atomic mass is 32.1. The lowest BCUT2D eigenvalue weighted by atomic mass is 10.1. The Labute approximate surface area is 143 Å². The largest absolute Gasteiger partial charge is 0.418 e. The Hall–Kier alpha value is -2.05. The van der Waals surface area contributed by atoms with Crippen LogP contribution in [-0.4, -0.2) is 21.1 Å². The van der Waals surface area contributed by atoms with Gasteiger partial charge in [0.2, 0.25) is 5.89 Å².